The molecule has 3 aromatic rings. The van der Waals surface area contributed by atoms with Gasteiger partial charge >= 0.3 is 6.03 Å². The number of benzene rings is 3. The second-order valence-electron chi connectivity index (χ2n) is 9.93. The Morgan fingerprint density at radius 2 is 1.53 bits per heavy atom. The maximum Gasteiger partial charge on any atom is 0.319 e. The number of carbonyl (C=O) groups excluding carboxylic acids is 1. The van der Waals surface area contributed by atoms with E-state index in [4.69, 9.17) is 4.74 Å². The van der Waals surface area contributed by atoms with E-state index in [1.54, 1.807) is 0 Å². The molecule has 5 nitrogen and oxygen atoms in total. The first-order valence-corrected chi connectivity index (χ1v) is 12.2. The second-order valence-corrected chi connectivity index (χ2v) is 9.93. The zero-order chi connectivity index (χ0) is 23.4. The number of quaternary nitrogens is 1. The van der Waals surface area contributed by atoms with Gasteiger partial charge in [-0.1, -0.05) is 91.0 Å². The minimum Gasteiger partial charge on any atom is -0.371 e. The maximum atomic E-state index is 13.3. The van der Waals surface area contributed by atoms with E-state index >= 15 is 0 Å². The normalized spacial score (nSPS) is 23.7. The molecule has 5 heteroatoms. The molecule has 2 unspecified atom stereocenters. The Kier molecular flexibility index (Phi) is 6.40. The van der Waals surface area contributed by atoms with Crippen molar-refractivity contribution in [2.24, 2.45) is 0 Å². The topological polar surface area (TPSA) is 41.6 Å². The molecule has 34 heavy (non-hydrogen) atoms. The van der Waals surface area contributed by atoms with E-state index in [0.717, 1.165) is 48.3 Å². The van der Waals surface area contributed by atoms with Crippen LogP contribution in [0.3, 0.4) is 0 Å². The van der Waals surface area contributed by atoms with Crippen molar-refractivity contribution in [3.63, 3.8) is 0 Å². The highest BCUT2D eigenvalue weighted by molar-refractivity contribution is 5.80. The summed E-state index contributed by atoms with van der Waals surface area (Å²) in [4.78, 5) is 15.4. The van der Waals surface area contributed by atoms with E-state index in [0.29, 0.717) is 13.2 Å². The van der Waals surface area contributed by atoms with Crippen LogP contribution in [0, 0.1) is 0 Å². The summed E-state index contributed by atoms with van der Waals surface area (Å²) in [5.74, 6) is 0. The molecular weight excluding hydrogens is 422 g/mol. The lowest BCUT2D eigenvalue weighted by molar-refractivity contribution is -0.898. The van der Waals surface area contributed by atoms with Crippen molar-refractivity contribution in [1.82, 2.24) is 10.2 Å². The average Bonchev–Trinajstić information content (AvgIpc) is 3.45. The number of carbonyl (C=O) groups is 1. The van der Waals surface area contributed by atoms with Gasteiger partial charge in [0, 0.05) is 6.42 Å². The lowest BCUT2D eigenvalue weighted by Crippen LogP contribution is -2.48. The van der Waals surface area contributed by atoms with Gasteiger partial charge in [0.1, 0.15) is 12.1 Å². The highest BCUT2D eigenvalue weighted by Gasteiger charge is 2.50. The summed E-state index contributed by atoms with van der Waals surface area (Å²) >= 11 is 0. The van der Waals surface area contributed by atoms with Crippen LogP contribution in [0.25, 0.3) is 0 Å². The molecule has 2 amide bonds. The molecular formula is C29H34N3O2+. The molecule has 2 atom stereocenters. The highest BCUT2D eigenvalue weighted by atomic mass is 16.5. The Labute approximate surface area is 202 Å². The zero-order valence-corrected chi connectivity index (χ0v) is 19.9. The summed E-state index contributed by atoms with van der Waals surface area (Å²) in [5, 5.41) is 3.38. The minimum absolute atomic E-state index is 0.0338. The molecule has 176 valence electrons. The van der Waals surface area contributed by atoms with Crippen molar-refractivity contribution in [3.05, 3.63) is 108 Å². The number of ether oxygens (including phenoxy) is 1. The first-order valence-electron chi connectivity index (χ1n) is 12.2. The molecule has 0 bridgehead atoms. The van der Waals surface area contributed by atoms with Crippen LogP contribution in [0.2, 0.25) is 0 Å². The van der Waals surface area contributed by atoms with Crippen LogP contribution in [0.1, 0.15) is 23.1 Å². The third-order valence-corrected chi connectivity index (χ3v) is 7.50. The lowest BCUT2D eigenvalue weighted by atomic mass is 9.83. The van der Waals surface area contributed by atoms with Gasteiger partial charge in [0.05, 0.1) is 45.9 Å². The van der Waals surface area contributed by atoms with E-state index in [2.05, 4.69) is 53.7 Å². The fraction of sp³-hybridized carbons (Fsp3) is 0.345. The van der Waals surface area contributed by atoms with Gasteiger partial charge in [-0.25, -0.2) is 4.79 Å². The molecule has 2 heterocycles. The molecule has 0 saturated carbocycles. The minimum atomic E-state index is -0.523. The Balaban J connectivity index is 1.26. The van der Waals surface area contributed by atoms with Crippen molar-refractivity contribution in [1.29, 1.82) is 0 Å². The first kappa shape index (κ1) is 22.6. The third-order valence-electron chi connectivity index (χ3n) is 7.50. The number of likely N-dealkylation sites (N-methyl/N-ethyl adjacent to an activating group) is 1. The van der Waals surface area contributed by atoms with Crippen LogP contribution >= 0.6 is 0 Å². The molecule has 2 fully saturated rings. The molecule has 2 saturated heterocycles. The zero-order valence-electron chi connectivity index (χ0n) is 19.9. The predicted octanol–water partition coefficient (Wildman–Crippen LogP) is 4.39. The summed E-state index contributed by atoms with van der Waals surface area (Å²) in [6.45, 7) is 5.00. The standard InChI is InChI=1S/C29H33N3O2/c1-32(19-20-34-22-24-11-5-2-6-12-24)18-17-27(21-32)31-23-29(30-28(31)33,25-13-7-3-8-14-25)26-15-9-4-10-16-26/h2-16,27H,17-23H2,1H3/p+1. The van der Waals surface area contributed by atoms with Crippen LogP contribution < -0.4 is 5.32 Å². The Hall–Kier alpha value is -3.15. The fourth-order valence-electron chi connectivity index (χ4n) is 5.51. The Morgan fingerprint density at radius 3 is 2.15 bits per heavy atom. The molecule has 3 aromatic carbocycles. The fourth-order valence-corrected chi connectivity index (χ4v) is 5.51. The summed E-state index contributed by atoms with van der Waals surface area (Å²) in [6.07, 6.45) is 1.02. The number of nitrogens with zero attached hydrogens (tertiary/aromatic N) is 2. The van der Waals surface area contributed by atoms with Crippen molar-refractivity contribution in [2.75, 3.05) is 39.8 Å². The summed E-state index contributed by atoms with van der Waals surface area (Å²) in [6, 6.07) is 31.3. The largest absolute Gasteiger partial charge is 0.371 e. The molecule has 0 aliphatic carbocycles. The number of hydrogen-bond donors (Lipinski definition) is 1. The van der Waals surface area contributed by atoms with E-state index in [9.17, 15) is 4.79 Å². The molecule has 2 aliphatic heterocycles. The van der Waals surface area contributed by atoms with Crippen LogP contribution in [-0.2, 0) is 16.9 Å². The van der Waals surface area contributed by atoms with Gasteiger partial charge in [-0.3, -0.25) is 0 Å². The molecule has 5 rings (SSSR count). The maximum absolute atomic E-state index is 13.3. The summed E-state index contributed by atoms with van der Waals surface area (Å²) < 4.78 is 6.91. The van der Waals surface area contributed by atoms with E-state index in [1.165, 1.54) is 5.56 Å². The number of amides is 2. The van der Waals surface area contributed by atoms with Gasteiger partial charge in [0.2, 0.25) is 0 Å². The van der Waals surface area contributed by atoms with Crippen LogP contribution in [0.5, 0.6) is 0 Å². The monoisotopic (exact) mass is 456 g/mol. The van der Waals surface area contributed by atoms with Gasteiger partial charge in [0.15, 0.2) is 0 Å². The lowest BCUT2D eigenvalue weighted by Gasteiger charge is -2.32. The smallest absolute Gasteiger partial charge is 0.319 e. The first-order chi connectivity index (χ1) is 16.6. The molecule has 0 radical (unpaired) electrons. The SMILES string of the molecule is C[N+]1(CCOCc2ccccc2)CCC(N2CC(c3ccccc3)(c3ccccc3)NC2=O)C1. The summed E-state index contributed by atoms with van der Waals surface area (Å²) in [7, 11) is 2.29. The molecule has 2 aliphatic rings. The van der Waals surface area contributed by atoms with Crippen molar-refractivity contribution in [2.45, 2.75) is 24.6 Å². The van der Waals surface area contributed by atoms with Crippen LogP contribution in [-0.4, -0.2) is 61.3 Å². The van der Waals surface area contributed by atoms with E-state index in [-0.39, 0.29) is 12.1 Å². The Morgan fingerprint density at radius 1 is 0.941 bits per heavy atom. The number of urea groups is 1. The van der Waals surface area contributed by atoms with Crippen molar-refractivity contribution >= 4 is 6.03 Å². The van der Waals surface area contributed by atoms with Crippen molar-refractivity contribution < 1.29 is 14.0 Å². The number of likely N-dealkylation sites (tertiary alicyclic amines) is 1. The van der Waals surface area contributed by atoms with Crippen LogP contribution in [0.4, 0.5) is 4.79 Å². The van der Waals surface area contributed by atoms with Gasteiger partial charge in [-0.05, 0) is 16.7 Å². The average molecular weight is 457 g/mol. The van der Waals surface area contributed by atoms with Gasteiger partial charge < -0.3 is 19.4 Å². The van der Waals surface area contributed by atoms with E-state index in [1.807, 2.05) is 54.6 Å². The van der Waals surface area contributed by atoms with Gasteiger partial charge in [0.25, 0.3) is 0 Å². The number of hydrogen-bond acceptors (Lipinski definition) is 2. The van der Waals surface area contributed by atoms with Crippen molar-refractivity contribution in [3.8, 4) is 0 Å². The molecule has 1 N–H and O–H groups in total. The molecule has 0 spiro atoms. The van der Waals surface area contributed by atoms with Crippen LogP contribution in [0.15, 0.2) is 91.0 Å². The Bertz CT molecular complexity index is 1050. The highest BCUT2D eigenvalue weighted by Crippen LogP contribution is 2.37. The number of rotatable bonds is 8. The number of nitrogens with one attached hydrogen (secondary N) is 1. The predicted molar refractivity (Wildman–Crippen MR) is 134 cm³/mol. The third kappa shape index (κ3) is 4.59. The van der Waals surface area contributed by atoms with E-state index < -0.39 is 5.54 Å². The van der Waals surface area contributed by atoms with Gasteiger partial charge in [-0.15, -0.1) is 0 Å². The summed E-state index contributed by atoms with van der Waals surface area (Å²) in [5.41, 5.74) is 2.93. The quantitative estimate of drug-likeness (QED) is 0.403. The molecule has 0 aromatic heterocycles. The second kappa shape index (κ2) is 9.61. The van der Waals surface area contributed by atoms with Gasteiger partial charge in [-0.2, -0.15) is 0 Å².